The van der Waals surface area contributed by atoms with Crippen LogP contribution >= 0.6 is 11.6 Å². The van der Waals surface area contributed by atoms with E-state index in [1.165, 1.54) is 12.1 Å². The van der Waals surface area contributed by atoms with Gasteiger partial charge in [-0.1, -0.05) is 25.1 Å². The molecule has 2 aliphatic rings. The normalized spacial score (nSPS) is 17.4. The number of likely N-dealkylation sites (tertiary alicyclic amines) is 1. The van der Waals surface area contributed by atoms with Crippen LogP contribution in [0, 0.1) is 11.2 Å². The molecule has 0 atom stereocenters. The zero-order chi connectivity index (χ0) is 24.3. The standard InChI is InChI=1S/C15H14ClF3N4.C8H15NO/c1-23-6-10-11(7-23)21-15(16)22-14(10)20-5-8-3-2-4-9(12(8)17)13(18)19;1-7(2)9-4-8(3,5-9)6-10/h2-4,13H,5-7H2,1H3,(H,20,21,22);6-7H,4-5H2,1-3H3. The largest absolute Gasteiger partial charge is 0.365 e. The molecule has 1 N–H and O–H groups in total. The van der Waals surface area contributed by atoms with E-state index in [0.29, 0.717) is 24.9 Å². The first-order chi connectivity index (χ1) is 15.5. The van der Waals surface area contributed by atoms with Crippen LogP contribution in [0.25, 0.3) is 0 Å². The van der Waals surface area contributed by atoms with Crippen LogP contribution < -0.4 is 5.32 Å². The summed E-state index contributed by atoms with van der Waals surface area (Å²) in [5, 5.41) is 3.08. The van der Waals surface area contributed by atoms with E-state index in [1.807, 2.05) is 18.9 Å². The zero-order valence-corrected chi connectivity index (χ0v) is 20.0. The third kappa shape index (κ3) is 6.02. The third-order valence-electron chi connectivity index (χ3n) is 5.85. The van der Waals surface area contributed by atoms with Crippen molar-refractivity contribution in [3.8, 4) is 0 Å². The van der Waals surface area contributed by atoms with Crippen LogP contribution in [0.15, 0.2) is 18.2 Å². The average molecular weight is 484 g/mol. The monoisotopic (exact) mass is 483 g/mol. The highest BCUT2D eigenvalue weighted by Crippen LogP contribution is 2.29. The first kappa shape index (κ1) is 25.4. The molecule has 0 radical (unpaired) electrons. The minimum atomic E-state index is -2.85. The van der Waals surface area contributed by atoms with Crippen LogP contribution in [0.4, 0.5) is 19.0 Å². The number of alkyl halides is 2. The van der Waals surface area contributed by atoms with Gasteiger partial charge in [-0.25, -0.2) is 23.1 Å². The Labute approximate surface area is 197 Å². The average Bonchev–Trinajstić information content (AvgIpc) is 3.10. The first-order valence-electron chi connectivity index (χ1n) is 10.8. The number of aromatic nitrogens is 2. The lowest BCUT2D eigenvalue weighted by Crippen LogP contribution is -2.57. The molecule has 0 bridgehead atoms. The maximum Gasteiger partial charge on any atom is 0.266 e. The fourth-order valence-corrected chi connectivity index (χ4v) is 4.12. The van der Waals surface area contributed by atoms with Gasteiger partial charge in [0.15, 0.2) is 0 Å². The molecule has 0 amide bonds. The molecule has 2 aliphatic heterocycles. The fraction of sp³-hybridized carbons (Fsp3) is 0.522. The van der Waals surface area contributed by atoms with Crippen molar-refractivity contribution in [3.05, 3.63) is 51.7 Å². The number of carbonyl (C=O) groups excluding carboxylic acids is 1. The Balaban J connectivity index is 0.000000257. The predicted octanol–water partition coefficient (Wildman–Crippen LogP) is 4.68. The molecule has 0 saturated carbocycles. The number of fused-ring (bicyclic) bond motifs is 1. The Morgan fingerprint density at radius 2 is 1.94 bits per heavy atom. The molecule has 1 saturated heterocycles. The maximum atomic E-state index is 14.1. The lowest BCUT2D eigenvalue weighted by atomic mass is 9.83. The molecule has 2 aromatic rings. The van der Waals surface area contributed by atoms with Crippen molar-refractivity contribution >= 4 is 23.7 Å². The Kier molecular flexibility index (Phi) is 7.97. The van der Waals surface area contributed by atoms with Crippen LogP contribution in [0.5, 0.6) is 0 Å². The fourth-order valence-electron chi connectivity index (χ4n) is 3.93. The number of benzene rings is 1. The SMILES string of the molecule is CC(C)N1CC(C)(C=O)C1.CN1Cc2nc(Cl)nc(NCc3cccc(C(F)F)c3F)c2C1. The lowest BCUT2D eigenvalue weighted by molar-refractivity contribution is -0.125. The molecule has 1 fully saturated rings. The molecule has 10 heteroatoms. The smallest absolute Gasteiger partial charge is 0.266 e. The van der Waals surface area contributed by atoms with E-state index in [-0.39, 0.29) is 22.8 Å². The van der Waals surface area contributed by atoms with Crippen LogP contribution in [0.1, 0.15) is 49.6 Å². The second kappa shape index (κ2) is 10.4. The molecule has 1 aromatic heterocycles. The summed E-state index contributed by atoms with van der Waals surface area (Å²) in [6.45, 7) is 9.54. The summed E-state index contributed by atoms with van der Waals surface area (Å²) in [7, 11) is 1.94. The third-order valence-corrected chi connectivity index (χ3v) is 6.02. The summed E-state index contributed by atoms with van der Waals surface area (Å²) < 4.78 is 39.5. The van der Waals surface area contributed by atoms with E-state index in [9.17, 15) is 18.0 Å². The number of hydrogen-bond acceptors (Lipinski definition) is 6. The van der Waals surface area contributed by atoms with Gasteiger partial charge in [-0.15, -0.1) is 0 Å². The molecular formula is C23H29ClF3N5O. The Bertz CT molecular complexity index is 998. The summed E-state index contributed by atoms with van der Waals surface area (Å²) in [5.74, 6) is -0.393. The summed E-state index contributed by atoms with van der Waals surface area (Å²) in [6, 6.07) is 4.54. The van der Waals surface area contributed by atoms with Crippen molar-refractivity contribution in [1.82, 2.24) is 19.8 Å². The van der Waals surface area contributed by atoms with E-state index in [1.54, 1.807) is 0 Å². The van der Waals surface area contributed by atoms with E-state index in [4.69, 9.17) is 11.6 Å². The second-order valence-corrected chi connectivity index (χ2v) is 9.52. The van der Waals surface area contributed by atoms with E-state index in [2.05, 4.69) is 34.0 Å². The van der Waals surface area contributed by atoms with Crippen molar-refractivity contribution in [2.45, 2.75) is 52.9 Å². The summed E-state index contributed by atoms with van der Waals surface area (Å²) in [4.78, 5) is 23.1. The molecule has 0 unspecified atom stereocenters. The summed E-state index contributed by atoms with van der Waals surface area (Å²) in [5.41, 5.74) is 1.22. The Morgan fingerprint density at radius 1 is 1.24 bits per heavy atom. The predicted molar refractivity (Wildman–Crippen MR) is 122 cm³/mol. The quantitative estimate of drug-likeness (QED) is 0.475. The number of nitrogens with one attached hydrogen (secondary N) is 1. The summed E-state index contributed by atoms with van der Waals surface area (Å²) in [6.07, 6.45) is -1.77. The van der Waals surface area contributed by atoms with Gasteiger partial charge >= 0.3 is 0 Å². The van der Waals surface area contributed by atoms with E-state index in [0.717, 1.165) is 36.7 Å². The number of nitrogens with zero attached hydrogens (tertiary/aromatic N) is 4. The van der Waals surface area contributed by atoms with Gasteiger partial charge in [0.2, 0.25) is 5.28 Å². The van der Waals surface area contributed by atoms with Crippen molar-refractivity contribution < 1.29 is 18.0 Å². The first-order valence-corrected chi connectivity index (χ1v) is 11.1. The highest BCUT2D eigenvalue weighted by atomic mass is 35.5. The zero-order valence-electron chi connectivity index (χ0n) is 19.2. The van der Waals surface area contributed by atoms with Crippen LogP contribution in [0.2, 0.25) is 5.28 Å². The highest BCUT2D eigenvalue weighted by molar-refractivity contribution is 6.28. The van der Waals surface area contributed by atoms with E-state index < -0.39 is 17.8 Å². The number of hydrogen-bond donors (Lipinski definition) is 1. The van der Waals surface area contributed by atoms with Gasteiger partial charge in [0.1, 0.15) is 17.9 Å². The van der Waals surface area contributed by atoms with Gasteiger partial charge in [0.05, 0.1) is 11.3 Å². The van der Waals surface area contributed by atoms with Gasteiger partial charge in [-0.2, -0.15) is 0 Å². The maximum absolute atomic E-state index is 14.1. The van der Waals surface area contributed by atoms with Crippen molar-refractivity contribution in [3.63, 3.8) is 0 Å². The van der Waals surface area contributed by atoms with Crippen molar-refractivity contribution in [2.24, 2.45) is 5.41 Å². The lowest BCUT2D eigenvalue weighted by Gasteiger charge is -2.46. The molecule has 0 spiro atoms. The number of halogens is 4. The Hall–Kier alpha value is -2.23. The topological polar surface area (TPSA) is 61.4 Å². The second-order valence-electron chi connectivity index (χ2n) is 9.18. The molecule has 33 heavy (non-hydrogen) atoms. The van der Waals surface area contributed by atoms with Gasteiger partial charge < -0.3 is 10.1 Å². The Morgan fingerprint density at radius 3 is 2.55 bits per heavy atom. The number of anilines is 1. The highest BCUT2D eigenvalue weighted by Gasteiger charge is 2.39. The van der Waals surface area contributed by atoms with Gasteiger partial charge in [0.25, 0.3) is 6.43 Å². The molecule has 1 aromatic carbocycles. The number of rotatable bonds is 6. The van der Waals surface area contributed by atoms with Gasteiger partial charge in [-0.3, -0.25) is 9.80 Å². The molecule has 4 rings (SSSR count). The molecular weight excluding hydrogens is 455 g/mol. The number of aldehydes is 1. The van der Waals surface area contributed by atoms with Crippen LogP contribution in [-0.2, 0) is 24.4 Å². The van der Waals surface area contributed by atoms with Crippen molar-refractivity contribution in [2.75, 3.05) is 25.5 Å². The molecule has 3 heterocycles. The minimum absolute atomic E-state index is 0.0374. The van der Waals surface area contributed by atoms with E-state index >= 15 is 0 Å². The van der Waals surface area contributed by atoms with Gasteiger partial charge in [-0.05, 0) is 32.5 Å². The van der Waals surface area contributed by atoms with Crippen LogP contribution in [-0.4, -0.2) is 52.2 Å². The van der Waals surface area contributed by atoms with Crippen molar-refractivity contribution in [1.29, 1.82) is 0 Å². The molecule has 6 nitrogen and oxygen atoms in total. The number of carbonyl (C=O) groups is 1. The summed E-state index contributed by atoms with van der Waals surface area (Å²) >= 11 is 5.90. The van der Waals surface area contributed by atoms with Gasteiger partial charge in [0, 0.05) is 55.3 Å². The molecule has 0 aliphatic carbocycles. The van der Waals surface area contributed by atoms with Crippen LogP contribution in [0.3, 0.4) is 0 Å². The molecule has 180 valence electrons. The minimum Gasteiger partial charge on any atom is -0.365 e.